The highest BCUT2D eigenvalue weighted by Gasteiger charge is 2.49. The first-order chi connectivity index (χ1) is 10.6. The maximum absolute atomic E-state index is 12.9. The number of hydrogen-bond donors (Lipinski definition) is 1. The van der Waals surface area contributed by atoms with E-state index >= 15 is 0 Å². The van der Waals surface area contributed by atoms with Crippen LogP contribution >= 0.6 is 12.4 Å². The summed E-state index contributed by atoms with van der Waals surface area (Å²) in [6, 6.07) is 8.00. The first-order valence-corrected chi connectivity index (χ1v) is 8.31. The van der Waals surface area contributed by atoms with Crippen LogP contribution in [-0.2, 0) is 11.3 Å². The molecule has 2 fully saturated rings. The van der Waals surface area contributed by atoms with Gasteiger partial charge in [-0.1, -0.05) is 12.1 Å². The van der Waals surface area contributed by atoms with E-state index in [2.05, 4.69) is 0 Å². The summed E-state index contributed by atoms with van der Waals surface area (Å²) in [5, 5.41) is 0. The van der Waals surface area contributed by atoms with Gasteiger partial charge in [0.1, 0.15) is 5.75 Å². The van der Waals surface area contributed by atoms with Crippen LogP contribution in [0.25, 0.3) is 0 Å². The first-order valence-electron chi connectivity index (χ1n) is 8.31. The number of rotatable bonds is 5. The maximum atomic E-state index is 12.9. The second kappa shape index (κ2) is 7.54. The van der Waals surface area contributed by atoms with E-state index in [1.807, 2.05) is 36.1 Å². The summed E-state index contributed by atoms with van der Waals surface area (Å²) < 4.78 is 5.18. The number of carbonyl (C=O) groups excluding carboxylic acids is 1. The number of ether oxygens (including phenoxy) is 1. The van der Waals surface area contributed by atoms with Crippen molar-refractivity contribution in [3.63, 3.8) is 0 Å². The van der Waals surface area contributed by atoms with Crippen molar-refractivity contribution < 1.29 is 9.53 Å². The summed E-state index contributed by atoms with van der Waals surface area (Å²) in [5.74, 6) is 2.21. The van der Waals surface area contributed by atoms with Crippen molar-refractivity contribution in [2.75, 3.05) is 13.7 Å². The van der Waals surface area contributed by atoms with Crippen LogP contribution in [0.3, 0.4) is 0 Å². The zero-order valence-electron chi connectivity index (χ0n) is 13.9. The Hall–Kier alpha value is -1.26. The Morgan fingerprint density at radius 1 is 1.26 bits per heavy atom. The Kier molecular flexibility index (Phi) is 5.93. The third-order valence-electron chi connectivity index (χ3n) is 5.49. The van der Waals surface area contributed by atoms with Crippen LogP contribution in [0.5, 0.6) is 5.75 Å². The van der Waals surface area contributed by atoms with Crippen LogP contribution in [0.2, 0.25) is 0 Å². The molecule has 1 amide bonds. The van der Waals surface area contributed by atoms with Crippen molar-refractivity contribution in [1.82, 2.24) is 4.90 Å². The second-order valence-corrected chi connectivity index (χ2v) is 6.64. The van der Waals surface area contributed by atoms with E-state index < -0.39 is 0 Å². The molecule has 3 rings (SSSR count). The molecule has 1 aromatic rings. The average molecular weight is 339 g/mol. The van der Waals surface area contributed by atoms with Crippen LogP contribution in [0.15, 0.2) is 24.3 Å². The molecule has 0 radical (unpaired) electrons. The third kappa shape index (κ3) is 3.48. The van der Waals surface area contributed by atoms with Crippen LogP contribution < -0.4 is 10.5 Å². The van der Waals surface area contributed by atoms with Gasteiger partial charge >= 0.3 is 0 Å². The number of halogens is 1. The van der Waals surface area contributed by atoms with Crippen molar-refractivity contribution in [3.8, 4) is 5.75 Å². The smallest absolute Gasteiger partial charge is 0.227 e. The minimum atomic E-state index is 0. The minimum absolute atomic E-state index is 0. The molecule has 1 aromatic carbocycles. The van der Waals surface area contributed by atoms with Gasteiger partial charge in [0, 0.05) is 19.1 Å². The summed E-state index contributed by atoms with van der Waals surface area (Å²) in [6.45, 7) is 3.42. The quantitative estimate of drug-likeness (QED) is 0.898. The van der Waals surface area contributed by atoms with Gasteiger partial charge in [-0.2, -0.15) is 0 Å². The molecule has 2 saturated carbocycles. The van der Waals surface area contributed by atoms with E-state index in [9.17, 15) is 4.79 Å². The van der Waals surface area contributed by atoms with E-state index in [1.54, 1.807) is 7.11 Å². The lowest BCUT2D eigenvalue weighted by atomic mass is 9.84. The summed E-state index contributed by atoms with van der Waals surface area (Å²) in [6.07, 6.45) is 3.53. The van der Waals surface area contributed by atoms with Crippen molar-refractivity contribution in [2.45, 2.75) is 38.8 Å². The molecule has 4 unspecified atom stereocenters. The number of amides is 1. The van der Waals surface area contributed by atoms with Crippen LogP contribution in [0.4, 0.5) is 0 Å². The van der Waals surface area contributed by atoms with Gasteiger partial charge in [0.05, 0.1) is 13.0 Å². The van der Waals surface area contributed by atoms with E-state index in [1.165, 1.54) is 12.8 Å². The Balaban J connectivity index is 0.00000192. The van der Waals surface area contributed by atoms with E-state index in [0.717, 1.165) is 24.3 Å². The van der Waals surface area contributed by atoms with Crippen LogP contribution in [0, 0.1) is 17.8 Å². The first kappa shape index (κ1) is 18.1. The molecule has 2 aliphatic carbocycles. The predicted molar refractivity (Wildman–Crippen MR) is 93.6 cm³/mol. The van der Waals surface area contributed by atoms with Crippen molar-refractivity contribution in [1.29, 1.82) is 0 Å². The maximum Gasteiger partial charge on any atom is 0.227 e. The molecule has 128 valence electrons. The molecule has 0 heterocycles. The Bertz CT molecular complexity index is 532. The highest BCUT2D eigenvalue weighted by atomic mass is 35.5. The second-order valence-electron chi connectivity index (χ2n) is 6.64. The molecule has 0 saturated heterocycles. The molecule has 0 spiro atoms. The van der Waals surface area contributed by atoms with Crippen LogP contribution in [-0.4, -0.2) is 30.5 Å². The lowest BCUT2D eigenvalue weighted by Crippen LogP contribution is -2.46. The molecule has 2 N–H and O–H groups in total. The number of nitrogens with zero attached hydrogens (tertiary/aromatic N) is 1. The number of fused-ring (bicyclic) bond motifs is 2. The monoisotopic (exact) mass is 338 g/mol. The number of benzene rings is 1. The van der Waals surface area contributed by atoms with Gasteiger partial charge in [-0.15, -0.1) is 12.4 Å². The van der Waals surface area contributed by atoms with E-state index in [-0.39, 0.29) is 30.3 Å². The fraction of sp³-hybridized carbons (Fsp3) is 0.611. The lowest BCUT2D eigenvalue weighted by Gasteiger charge is -2.32. The zero-order chi connectivity index (χ0) is 15.7. The molecule has 5 heteroatoms. The molecule has 4 atom stereocenters. The Labute approximate surface area is 144 Å². The van der Waals surface area contributed by atoms with Gasteiger partial charge in [-0.3, -0.25) is 4.79 Å². The van der Waals surface area contributed by atoms with E-state index in [4.69, 9.17) is 10.5 Å². The minimum Gasteiger partial charge on any atom is -0.497 e. The molecule has 23 heavy (non-hydrogen) atoms. The predicted octanol–water partition coefficient (Wildman–Crippen LogP) is 2.84. The van der Waals surface area contributed by atoms with Gasteiger partial charge in [-0.25, -0.2) is 0 Å². The van der Waals surface area contributed by atoms with Gasteiger partial charge in [0.25, 0.3) is 0 Å². The van der Waals surface area contributed by atoms with Gasteiger partial charge < -0.3 is 15.4 Å². The summed E-state index contributed by atoms with van der Waals surface area (Å²) >= 11 is 0. The van der Waals surface area contributed by atoms with Crippen molar-refractivity contribution >= 4 is 18.3 Å². The largest absolute Gasteiger partial charge is 0.497 e. The summed E-state index contributed by atoms with van der Waals surface area (Å²) in [4.78, 5) is 14.9. The summed E-state index contributed by atoms with van der Waals surface area (Å²) in [5.41, 5.74) is 7.46. The molecule has 0 aliphatic heterocycles. The summed E-state index contributed by atoms with van der Waals surface area (Å²) in [7, 11) is 1.66. The SMILES string of the molecule is CCN(Cc1ccc(OC)cc1)C(=O)C1C2CCC(C2)C1N.Cl. The Morgan fingerprint density at radius 2 is 1.91 bits per heavy atom. The Morgan fingerprint density at radius 3 is 2.43 bits per heavy atom. The molecular weight excluding hydrogens is 312 g/mol. The molecular formula is C18H27ClN2O2. The van der Waals surface area contributed by atoms with Crippen LogP contribution in [0.1, 0.15) is 31.7 Å². The standard InChI is InChI=1S/C18H26N2O2.ClH/c1-3-20(11-12-4-8-15(22-2)9-5-12)18(21)16-13-6-7-14(10-13)17(16)19;/h4-5,8-9,13-14,16-17H,3,6-7,10-11,19H2,1-2H3;1H. The lowest BCUT2D eigenvalue weighted by molar-refractivity contribution is -0.138. The number of nitrogens with two attached hydrogens (primary N) is 1. The number of carbonyl (C=O) groups is 1. The highest BCUT2D eigenvalue weighted by Crippen LogP contribution is 2.48. The fourth-order valence-corrected chi connectivity index (χ4v) is 4.21. The number of methoxy groups -OCH3 is 1. The zero-order valence-corrected chi connectivity index (χ0v) is 14.7. The van der Waals surface area contributed by atoms with Crippen molar-refractivity contribution in [3.05, 3.63) is 29.8 Å². The topological polar surface area (TPSA) is 55.6 Å². The van der Waals surface area contributed by atoms with E-state index in [0.29, 0.717) is 18.4 Å². The highest BCUT2D eigenvalue weighted by molar-refractivity contribution is 5.85. The molecule has 4 nitrogen and oxygen atoms in total. The normalized spacial score (nSPS) is 28.3. The van der Waals surface area contributed by atoms with Crippen molar-refractivity contribution in [2.24, 2.45) is 23.5 Å². The number of hydrogen-bond acceptors (Lipinski definition) is 3. The molecule has 0 aromatic heterocycles. The van der Waals surface area contributed by atoms with Gasteiger partial charge in [-0.05, 0) is 55.7 Å². The van der Waals surface area contributed by atoms with Gasteiger partial charge in [0.2, 0.25) is 5.91 Å². The molecule has 2 bridgehead atoms. The third-order valence-corrected chi connectivity index (χ3v) is 5.49. The van der Waals surface area contributed by atoms with Gasteiger partial charge in [0.15, 0.2) is 0 Å². The average Bonchev–Trinajstić information content (AvgIpc) is 3.13. The fourth-order valence-electron chi connectivity index (χ4n) is 4.21. The molecule has 2 aliphatic rings.